The number of carbonyl (C=O) groups excluding carboxylic acids is 3. The van der Waals surface area contributed by atoms with Gasteiger partial charge >= 0.3 is 17.9 Å². The van der Waals surface area contributed by atoms with E-state index in [1.807, 2.05) is 0 Å². The lowest BCUT2D eigenvalue weighted by molar-refractivity contribution is -0.158. The van der Waals surface area contributed by atoms with Gasteiger partial charge in [-0.05, 0) is 46.7 Å². The van der Waals surface area contributed by atoms with Crippen molar-refractivity contribution in [1.29, 1.82) is 0 Å². The minimum absolute atomic E-state index is 0.0959. The van der Waals surface area contributed by atoms with Crippen molar-refractivity contribution in [1.82, 2.24) is 4.90 Å². The monoisotopic (exact) mass is 346 g/mol. The first-order valence-electron chi connectivity index (χ1n) is 8.42. The molecule has 0 aliphatic rings. The predicted octanol–water partition coefficient (Wildman–Crippen LogP) is 0.475. The molecule has 0 saturated heterocycles. The Hall–Kier alpha value is -1.67. The van der Waals surface area contributed by atoms with Crippen molar-refractivity contribution < 1.29 is 28.6 Å². The molecule has 0 saturated carbocycles. The lowest BCUT2D eigenvalue weighted by atomic mass is 10.1. The molecule has 1 unspecified atom stereocenters. The van der Waals surface area contributed by atoms with E-state index in [9.17, 15) is 14.4 Å². The average Bonchev–Trinajstić information content (AvgIpc) is 2.52. The van der Waals surface area contributed by atoms with Gasteiger partial charge in [-0.15, -0.1) is 0 Å². The van der Waals surface area contributed by atoms with Crippen LogP contribution in [0.3, 0.4) is 0 Å². The summed E-state index contributed by atoms with van der Waals surface area (Å²) >= 11 is 0. The number of hydrogen-bond acceptors (Lipinski definition) is 8. The van der Waals surface area contributed by atoms with Crippen molar-refractivity contribution >= 4 is 17.9 Å². The maximum Gasteiger partial charge on any atom is 0.323 e. The SMILES string of the molecule is CCOC(=O)CC(C(=O)OCC)N(CCCCN)CC(=O)OCC. The Balaban J connectivity index is 5.13. The van der Waals surface area contributed by atoms with Crippen molar-refractivity contribution in [2.75, 3.05) is 39.5 Å². The Morgan fingerprint density at radius 2 is 1.50 bits per heavy atom. The van der Waals surface area contributed by atoms with E-state index < -0.39 is 23.9 Å². The lowest BCUT2D eigenvalue weighted by Crippen LogP contribution is -2.47. The van der Waals surface area contributed by atoms with Gasteiger partial charge in [-0.2, -0.15) is 0 Å². The standard InChI is InChI=1S/C16H30N2O6/c1-4-22-14(19)11-13(16(21)24-6-3)18(10-8-7-9-17)12-15(20)23-5-2/h13H,4-12,17H2,1-3H3. The van der Waals surface area contributed by atoms with Crippen molar-refractivity contribution in [2.45, 2.75) is 46.1 Å². The Bertz CT molecular complexity index is 389. The summed E-state index contributed by atoms with van der Waals surface area (Å²) in [7, 11) is 0. The molecule has 0 aromatic carbocycles. The summed E-state index contributed by atoms with van der Waals surface area (Å²) in [4.78, 5) is 37.5. The van der Waals surface area contributed by atoms with Gasteiger partial charge in [0, 0.05) is 0 Å². The molecule has 1 atom stereocenters. The van der Waals surface area contributed by atoms with E-state index in [4.69, 9.17) is 19.9 Å². The van der Waals surface area contributed by atoms with Crippen LogP contribution in [0.2, 0.25) is 0 Å². The number of rotatable bonds is 13. The quantitative estimate of drug-likeness (QED) is 0.291. The molecule has 8 heteroatoms. The van der Waals surface area contributed by atoms with Gasteiger partial charge in [0.2, 0.25) is 0 Å². The highest BCUT2D eigenvalue weighted by Gasteiger charge is 2.31. The fourth-order valence-electron chi connectivity index (χ4n) is 2.15. The Morgan fingerprint density at radius 1 is 0.917 bits per heavy atom. The first kappa shape index (κ1) is 22.3. The summed E-state index contributed by atoms with van der Waals surface area (Å²) in [6, 6.07) is -0.883. The van der Waals surface area contributed by atoms with Crippen LogP contribution in [0, 0.1) is 0 Å². The lowest BCUT2D eigenvalue weighted by Gasteiger charge is -2.28. The van der Waals surface area contributed by atoms with Crippen molar-refractivity contribution in [2.24, 2.45) is 5.73 Å². The Morgan fingerprint density at radius 3 is 2.04 bits per heavy atom. The molecule has 0 heterocycles. The van der Waals surface area contributed by atoms with Crippen LogP contribution in [-0.2, 0) is 28.6 Å². The van der Waals surface area contributed by atoms with Crippen LogP contribution in [0.15, 0.2) is 0 Å². The third kappa shape index (κ3) is 9.46. The molecule has 24 heavy (non-hydrogen) atoms. The summed E-state index contributed by atoms with van der Waals surface area (Å²) in [6.07, 6.45) is 1.26. The van der Waals surface area contributed by atoms with E-state index in [2.05, 4.69) is 0 Å². The highest BCUT2D eigenvalue weighted by Crippen LogP contribution is 2.11. The number of unbranched alkanes of at least 4 members (excludes halogenated alkanes) is 1. The highest BCUT2D eigenvalue weighted by atomic mass is 16.5. The largest absolute Gasteiger partial charge is 0.466 e. The molecule has 0 fully saturated rings. The fraction of sp³-hybridized carbons (Fsp3) is 0.812. The molecule has 0 aromatic heterocycles. The van der Waals surface area contributed by atoms with E-state index in [-0.39, 0.29) is 32.8 Å². The molecule has 0 spiro atoms. The maximum absolute atomic E-state index is 12.2. The van der Waals surface area contributed by atoms with Crippen molar-refractivity contribution in [3.8, 4) is 0 Å². The molecule has 0 aliphatic carbocycles. The van der Waals surface area contributed by atoms with Gasteiger partial charge in [0.1, 0.15) is 6.04 Å². The van der Waals surface area contributed by atoms with Gasteiger partial charge < -0.3 is 19.9 Å². The molecule has 140 valence electrons. The summed E-state index contributed by atoms with van der Waals surface area (Å²) in [6.45, 7) is 6.58. The molecule has 8 nitrogen and oxygen atoms in total. The van der Waals surface area contributed by atoms with E-state index >= 15 is 0 Å². The summed E-state index contributed by atoms with van der Waals surface area (Å²) in [5.74, 6) is -1.52. The number of ether oxygens (including phenoxy) is 3. The second-order valence-electron chi connectivity index (χ2n) is 5.05. The second kappa shape index (κ2) is 13.7. The van der Waals surface area contributed by atoms with Gasteiger partial charge in [0.15, 0.2) is 0 Å². The van der Waals surface area contributed by atoms with Crippen LogP contribution < -0.4 is 5.73 Å². The smallest absolute Gasteiger partial charge is 0.323 e. The van der Waals surface area contributed by atoms with Crippen LogP contribution >= 0.6 is 0 Å². The first-order valence-corrected chi connectivity index (χ1v) is 8.42. The molecular weight excluding hydrogens is 316 g/mol. The fourth-order valence-corrected chi connectivity index (χ4v) is 2.15. The van der Waals surface area contributed by atoms with E-state index in [1.165, 1.54) is 0 Å². The third-order valence-corrected chi connectivity index (χ3v) is 3.20. The van der Waals surface area contributed by atoms with E-state index in [0.717, 1.165) is 6.42 Å². The van der Waals surface area contributed by atoms with Crippen LogP contribution in [0.5, 0.6) is 0 Å². The topological polar surface area (TPSA) is 108 Å². The van der Waals surface area contributed by atoms with Crippen LogP contribution in [0.25, 0.3) is 0 Å². The van der Waals surface area contributed by atoms with Gasteiger partial charge in [-0.1, -0.05) is 0 Å². The number of esters is 3. The van der Waals surface area contributed by atoms with Gasteiger partial charge in [0.25, 0.3) is 0 Å². The molecule has 0 aromatic rings. The minimum atomic E-state index is -0.883. The zero-order valence-electron chi connectivity index (χ0n) is 14.9. The summed E-state index contributed by atoms with van der Waals surface area (Å²) in [5, 5.41) is 0. The summed E-state index contributed by atoms with van der Waals surface area (Å²) < 4.78 is 14.9. The van der Waals surface area contributed by atoms with Crippen LogP contribution in [0.1, 0.15) is 40.0 Å². The molecule has 0 bridgehead atoms. The molecule has 0 amide bonds. The van der Waals surface area contributed by atoms with Crippen molar-refractivity contribution in [3.05, 3.63) is 0 Å². The third-order valence-electron chi connectivity index (χ3n) is 3.20. The number of nitrogens with zero attached hydrogens (tertiary/aromatic N) is 1. The molecule has 0 aliphatic heterocycles. The maximum atomic E-state index is 12.2. The van der Waals surface area contributed by atoms with Crippen molar-refractivity contribution in [3.63, 3.8) is 0 Å². The normalized spacial score (nSPS) is 11.9. The molecule has 0 rings (SSSR count). The Labute approximate surface area is 143 Å². The number of carbonyl (C=O) groups is 3. The molecule has 0 radical (unpaired) electrons. The number of hydrogen-bond donors (Lipinski definition) is 1. The summed E-state index contributed by atoms with van der Waals surface area (Å²) in [5.41, 5.74) is 5.49. The van der Waals surface area contributed by atoms with Crippen LogP contribution in [-0.4, -0.2) is 68.3 Å². The minimum Gasteiger partial charge on any atom is -0.466 e. The Kier molecular flexibility index (Phi) is 12.8. The van der Waals surface area contributed by atoms with Gasteiger partial charge in [0.05, 0.1) is 32.8 Å². The van der Waals surface area contributed by atoms with Gasteiger partial charge in [-0.3, -0.25) is 19.3 Å². The predicted molar refractivity (Wildman–Crippen MR) is 88.2 cm³/mol. The first-order chi connectivity index (χ1) is 11.5. The molecule has 2 N–H and O–H groups in total. The zero-order valence-corrected chi connectivity index (χ0v) is 14.9. The highest BCUT2D eigenvalue weighted by molar-refractivity contribution is 5.83. The zero-order chi connectivity index (χ0) is 18.4. The average molecular weight is 346 g/mol. The molecular formula is C16H30N2O6. The second-order valence-corrected chi connectivity index (χ2v) is 5.05. The van der Waals surface area contributed by atoms with Gasteiger partial charge in [-0.25, -0.2) is 0 Å². The van der Waals surface area contributed by atoms with Crippen LogP contribution in [0.4, 0.5) is 0 Å². The van der Waals surface area contributed by atoms with E-state index in [0.29, 0.717) is 19.5 Å². The van der Waals surface area contributed by atoms with E-state index in [1.54, 1.807) is 25.7 Å². The number of nitrogens with two attached hydrogens (primary N) is 1.